The predicted octanol–water partition coefficient (Wildman–Crippen LogP) is 1.05. The van der Waals surface area contributed by atoms with Crippen molar-refractivity contribution in [2.45, 2.75) is 24.8 Å². The minimum absolute atomic E-state index is 0.158. The van der Waals surface area contributed by atoms with Gasteiger partial charge in [-0.2, -0.15) is 0 Å². The fourth-order valence-corrected chi connectivity index (χ4v) is 2.25. The standard InChI is InChI=1S/C11H13N5OS/c1-6-3-8(12)15-9(13-6)5-18-11-14-7(2)4-10(17)16-11/h3-4H,5H2,1-2H3,(H2,12,13,15)(H,14,16,17). The molecule has 6 nitrogen and oxygen atoms in total. The van der Waals surface area contributed by atoms with Crippen LogP contribution in [0.4, 0.5) is 5.82 Å². The summed E-state index contributed by atoms with van der Waals surface area (Å²) in [5.41, 5.74) is 6.99. The van der Waals surface area contributed by atoms with Crippen LogP contribution in [0.15, 0.2) is 22.1 Å². The van der Waals surface area contributed by atoms with Crippen LogP contribution in [0.5, 0.6) is 0 Å². The summed E-state index contributed by atoms with van der Waals surface area (Å²) in [6, 6.07) is 3.16. The number of aromatic nitrogens is 4. The van der Waals surface area contributed by atoms with Crippen molar-refractivity contribution in [3.8, 4) is 0 Å². The van der Waals surface area contributed by atoms with Crippen molar-refractivity contribution in [2.75, 3.05) is 5.73 Å². The van der Waals surface area contributed by atoms with Gasteiger partial charge in [0, 0.05) is 23.5 Å². The Labute approximate surface area is 108 Å². The van der Waals surface area contributed by atoms with E-state index in [1.54, 1.807) is 13.0 Å². The topological polar surface area (TPSA) is 97.5 Å². The maximum atomic E-state index is 11.3. The van der Waals surface area contributed by atoms with Gasteiger partial charge in [0.05, 0.1) is 5.75 Å². The molecular weight excluding hydrogens is 250 g/mol. The van der Waals surface area contributed by atoms with Gasteiger partial charge in [-0.25, -0.2) is 15.0 Å². The molecule has 2 aromatic rings. The summed E-state index contributed by atoms with van der Waals surface area (Å²) >= 11 is 1.37. The van der Waals surface area contributed by atoms with Crippen LogP contribution in [0, 0.1) is 13.8 Å². The molecule has 2 heterocycles. The molecular formula is C11H13N5OS. The van der Waals surface area contributed by atoms with E-state index in [1.165, 1.54) is 17.8 Å². The highest BCUT2D eigenvalue weighted by Crippen LogP contribution is 2.16. The van der Waals surface area contributed by atoms with Crippen LogP contribution in [0.2, 0.25) is 0 Å². The number of thioether (sulfide) groups is 1. The molecule has 0 atom stereocenters. The molecule has 18 heavy (non-hydrogen) atoms. The zero-order chi connectivity index (χ0) is 13.1. The van der Waals surface area contributed by atoms with Crippen LogP contribution in [0.3, 0.4) is 0 Å². The van der Waals surface area contributed by atoms with Crippen LogP contribution in [-0.2, 0) is 5.75 Å². The van der Waals surface area contributed by atoms with Crippen molar-refractivity contribution in [2.24, 2.45) is 0 Å². The number of nitrogen functional groups attached to an aromatic ring is 1. The van der Waals surface area contributed by atoms with Crippen molar-refractivity contribution in [3.05, 3.63) is 39.7 Å². The van der Waals surface area contributed by atoms with Crippen LogP contribution in [0.25, 0.3) is 0 Å². The molecule has 0 fully saturated rings. The van der Waals surface area contributed by atoms with E-state index in [0.29, 0.717) is 28.2 Å². The summed E-state index contributed by atoms with van der Waals surface area (Å²) in [7, 11) is 0. The molecule has 3 N–H and O–H groups in total. The van der Waals surface area contributed by atoms with Gasteiger partial charge in [-0.05, 0) is 13.8 Å². The first kappa shape index (κ1) is 12.6. The van der Waals surface area contributed by atoms with Crippen molar-refractivity contribution in [3.63, 3.8) is 0 Å². The van der Waals surface area contributed by atoms with E-state index in [2.05, 4.69) is 19.9 Å². The molecule has 2 rings (SSSR count). The second-order valence-corrected chi connectivity index (χ2v) is 4.80. The Kier molecular flexibility index (Phi) is 3.61. The second-order valence-electron chi connectivity index (χ2n) is 3.83. The molecule has 0 aromatic carbocycles. The van der Waals surface area contributed by atoms with Gasteiger partial charge in [0.25, 0.3) is 5.56 Å². The normalized spacial score (nSPS) is 10.6. The zero-order valence-electron chi connectivity index (χ0n) is 10.1. The van der Waals surface area contributed by atoms with E-state index in [1.807, 2.05) is 6.92 Å². The van der Waals surface area contributed by atoms with Crippen molar-refractivity contribution >= 4 is 17.6 Å². The van der Waals surface area contributed by atoms with E-state index in [-0.39, 0.29) is 5.56 Å². The monoisotopic (exact) mass is 263 g/mol. The first-order valence-corrected chi connectivity index (χ1v) is 6.32. The first-order valence-electron chi connectivity index (χ1n) is 5.34. The zero-order valence-corrected chi connectivity index (χ0v) is 10.9. The maximum Gasteiger partial charge on any atom is 0.251 e. The fourth-order valence-electron chi connectivity index (χ4n) is 1.47. The Morgan fingerprint density at radius 2 is 1.94 bits per heavy atom. The maximum absolute atomic E-state index is 11.3. The van der Waals surface area contributed by atoms with Gasteiger partial charge >= 0.3 is 0 Å². The van der Waals surface area contributed by atoms with Crippen molar-refractivity contribution < 1.29 is 0 Å². The number of hydrogen-bond donors (Lipinski definition) is 2. The average Bonchev–Trinajstić information content (AvgIpc) is 2.23. The summed E-state index contributed by atoms with van der Waals surface area (Å²) in [6.07, 6.45) is 0. The number of H-pyrrole nitrogens is 1. The molecule has 0 aliphatic rings. The van der Waals surface area contributed by atoms with Gasteiger partial charge in [-0.15, -0.1) is 0 Å². The van der Waals surface area contributed by atoms with Crippen LogP contribution in [0.1, 0.15) is 17.2 Å². The number of hydrogen-bond acceptors (Lipinski definition) is 6. The summed E-state index contributed by atoms with van der Waals surface area (Å²) in [5.74, 6) is 1.59. The molecule has 94 valence electrons. The van der Waals surface area contributed by atoms with E-state index in [4.69, 9.17) is 5.73 Å². The molecule has 0 aliphatic carbocycles. The SMILES string of the molecule is Cc1cc(N)nc(CSc2nc(C)cc(=O)[nH]2)n1. The Morgan fingerprint density at radius 3 is 2.61 bits per heavy atom. The van der Waals surface area contributed by atoms with Crippen LogP contribution >= 0.6 is 11.8 Å². The lowest BCUT2D eigenvalue weighted by molar-refractivity contribution is 0.901. The number of rotatable bonds is 3. The number of nitrogens with two attached hydrogens (primary N) is 1. The minimum atomic E-state index is -0.158. The van der Waals surface area contributed by atoms with E-state index in [9.17, 15) is 4.79 Å². The minimum Gasteiger partial charge on any atom is -0.384 e. The number of nitrogens with one attached hydrogen (secondary N) is 1. The molecule has 0 saturated heterocycles. The van der Waals surface area contributed by atoms with E-state index < -0.39 is 0 Å². The number of anilines is 1. The molecule has 0 spiro atoms. The largest absolute Gasteiger partial charge is 0.384 e. The van der Waals surface area contributed by atoms with Gasteiger partial charge in [0.1, 0.15) is 11.6 Å². The Morgan fingerprint density at radius 1 is 1.22 bits per heavy atom. The second kappa shape index (κ2) is 5.18. The van der Waals surface area contributed by atoms with Crippen molar-refractivity contribution in [1.29, 1.82) is 0 Å². The lowest BCUT2D eigenvalue weighted by atomic mass is 10.4. The fraction of sp³-hybridized carbons (Fsp3) is 0.273. The Bertz CT molecular complexity index is 605. The third kappa shape index (κ3) is 3.30. The molecule has 0 aliphatic heterocycles. The summed E-state index contributed by atoms with van der Waals surface area (Å²) in [6.45, 7) is 3.64. The van der Waals surface area contributed by atoms with Crippen molar-refractivity contribution in [1.82, 2.24) is 19.9 Å². The molecule has 0 saturated carbocycles. The molecule has 0 radical (unpaired) electrons. The number of nitrogens with zero attached hydrogens (tertiary/aromatic N) is 3. The van der Waals surface area contributed by atoms with Gasteiger partial charge in [-0.1, -0.05) is 11.8 Å². The van der Waals surface area contributed by atoms with Gasteiger partial charge < -0.3 is 10.7 Å². The Balaban J connectivity index is 2.13. The molecule has 2 aromatic heterocycles. The summed E-state index contributed by atoms with van der Waals surface area (Å²) in [5, 5.41) is 0.559. The van der Waals surface area contributed by atoms with Crippen LogP contribution in [-0.4, -0.2) is 19.9 Å². The highest BCUT2D eigenvalue weighted by atomic mass is 32.2. The number of aromatic amines is 1. The van der Waals surface area contributed by atoms with E-state index >= 15 is 0 Å². The molecule has 0 unspecified atom stereocenters. The third-order valence-electron chi connectivity index (χ3n) is 2.11. The van der Waals surface area contributed by atoms with Gasteiger partial charge in [0.15, 0.2) is 5.16 Å². The lowest BCUT2D eigenvalue weighted by Crippen LogP contribution is -2.08. The average molecular weight is 263 g/mol. The first-order chi connectivity index (χ1) is 8.52. The summed E-state index contributed by atoms with van der Waals surface area (Å²) in [4.78, 5) is 26.5. The molecule has 0 bridgehead atoms. The highest BCUT2D eigenvalue weighted by molar-refractivity contribution is 7.98. The lowest BCUT2D eigenvalue weighted by Gasteiger charge is -2.03. The third-order valence-corrected chi connectivity index (χ3v) is 2.98. The van der Waals surface area contributed by atoms with Gasteiger partial charge in [0.2, 0.25) is 0 Å². The Hall–Kier alpha value is -1.89. The number of aryl methyl sites for hydroxylation is 2. The molecule has 0 amide bonds. The quantitative estimate of drug-likeness (QED) is 0.634. The highest BCUT2D eigenvalue weighted by Gasteiger charge is 2.04. The van der Waals surface area contributed by atoms with Gasteiger partial charge in [-0.3, -0.25) is 4.79 Å². The van der Waals surface area contributed by atoms with Crippen LogP contribution < -0.4 is 11.3 Å². The van der Waals surface area contributed by atoms with E-state index in [0.717, 1.165) is 5.69 Å². The molecule has 7 heteroatoms. The summed E-state index contributed by atoms with van der Waals surface area (Å²) < 4.78 is 0. The smallest absolute Gasteiger partial charge is 0.251 e. The predicted molar refractivity (Wildman–Crippen MR) is 70.3 cm³/mol.